The van der Waals surface area contributed by atoms with Crippen LogP contribution in [0.4, 0.5) is 4.39 Å². The number of nitrogens with two attached hydrogens (primary N) is 1. The van der Waals surface area contributed by atoms with E-state index in [2.05, 4.69) is 15.9 Å². The Kier molecular flexibility index (Phi) is 4.46. The zero-order valence-electron chi connectivity index (χ0n) is 8.78. The highest BCUT2D eigenvalue weighted by Gasteiger charge is 2.11. The standard InChI is InChI=1S/C10H13BrFNO2S/c1-16(14,15)3-2-10(13)7-4-8(11)6-9(12)5-7/h4-6,10H,2-3,13H2,1H3. The molecule has 0 bridgehead atoms. The molecule has 0 aromatic heterocycles. The number of sulfone groups is 1. The van der Waals surface area contributed by atoms with Crippen molar-refractivity contribution in [3.05, 3.63) is 34.1 Å². The minimum Gasteiger partial charge on any atom is -0.324 e. The Bertz CT molecular complexity index is 455. The summed E-state index contributed by atoms with van der Waals surface area (Å²) in [4.78, 5) is 0. The summed E-state index contributed by atoms with van der Waals surface area (Å²) in [6.45, 7) is 0. The van der Waals surface area contributed by atoms with Crippen LogP contribution in [0.15, 0.2) is 22.7 Å². The van der Waals surface area contributed by atoms with Crippen LogP contribution in [0.3, 0.4) is 0 Å². The second-order valence-corrected chi connectivity index (χ2v) is 6.90. The number of halogens is 2. The van der Waals surface area contributed by atoms with Gasteiger partial charge in [0.2, 0.25) is 0 Å². The molecule has 90 valence electrons. The van der Waals surface area contributed by atoms with Crippen molar-refractivity contribution in [3.8, 4) is 0 Å². The van der Waals surface area contributed by atoms with E-state index in [0.29, 0.717) is 10.0 Å². The summed E-state index contributed by atoms with van der Waals surface area (Å²) in [5.41, 5.74) is 6.38. The molecule has 0 aliphatic carbocycles. The normalized spacial score (nSPS) is 13.8. The van der Waals surface area contributed by atoms with Gasteiger partial charge in [-0.15, -0.1) is 0 Å². The van der Waals surface area contributed by atoms with Gasteiger partial charge in [-0.05, 0) is 30.2 Å². The summed E-state index contributed by atoms with van der Waals surface area (Å²) in [5.74, 6) is -0.387. The highest BCUT2D eigenvalue weighted by Crippen LogP contribution is 2.21. The van der Waals surface area contributed by atoms with Crippen LogP contribution in [0.1, 0.15) is 18.0 Å². The Hall–Kier alpha value is -0.460. The van der Waals surface area contributed by atoms with E-state index in [0.717, 1.165) is 6.26 Å². The van der Waals surface area contributed by atoms with Crippen LogP contribution in [0.2, 0.25) is 0 Å². The molecule has 1 rings (SSSR count). The zero-order valence-corrected chi connectivity index (χ0v) is 11.2. The summed E-state index contributed by atoms with van der Waals surface area (Å²) < 4.78 is 35.6. The molecule has 0 fully saturated rings. The highest BCUT2D eigenvalue weighted by atomic mass is 79.9. The molecule has 0 amide bonds. The highest BCUT2D eigenvalue weighted by molar-refractivity contribution is 9.10. The molecule has 0 spiro atoms. The average molecular weight is 310 g/mol. The maximum Gasteiger partial charge on any atom is 0.147 e. The fourth-order valence-electron chi connectivity index (χ4n) is 1.30. The third-order valence-electron chi connectivity index (χ3n) is 2.11. The molecule has 1 unspecified atom stereocenters. The molecule has 0 saturated carbocycles. The summed E-state index contributed by atoms with van der Waals surface area (Å²) >= 11 is 3.16. The Labute approximate surface area is 103 Å². The van der Waals surface area contributed by atoms with Crippen LogP contribution in [0.25, 0.3) is 0 Å². The summed E-state index contributed by atoms with van der Waals surface area (Å²) in [5, 5.41) is 0. The largest absolute Gasteiger partial charge is 0.324 e. The zero-order chi connectivity index (χ0) is 12.3. The Morgan fingerprint density at radius 1 is 1.44 bits per heavy atom. The number of hydrogen-bond acceptors (Lipinski definition) is 3. The Balaban J connectivity index is 2.76. The van der Waals surface area contributed by atoms with Crippen molar-refractivity contribution in [2.75, 3.05) is 12.0 Å². The summed E-state index contributed by atoms with van der Waals surface area (Å²) in [6.07, 6.45) is 1.44. The summed E-state index contributed by atoms with van der Waals surface area (Å²) in [7, 11) is -3.03. The lowest BCUT2D eigenvalue weighted by Crippen LogP contribution is -2.15. The van der Waals surface area contributed by atoms with Gasteiger partial charge in [0.25, 0.3) is 0 Å². The van der Waals surface area contributed by atoms with E-state index in [1.54, 1.807) is 6.07 Å². The molecule has 1 aromatic carbocycles. The molecule has 2 N–H and O–H groups in total. The monoisotopic (exact) mass is 309 g/mol. The molecule has 1 aromatic rings. The first kappa shape index (κ1) is 13.6. The van der Waals surface area contributed by atoms with E-state index in [9.17, 15) is 12.8 Å². The maximum absolute atomic E-state index is 13.1. The minimum atomic E-state index is -3.03. The smallest absolute Gasteiger partial charge is 0.147 e. The van der Waals surface area contributed by atoms with Gasteiger partial charge in [-0.2, -0.15) is 0 Å². The van der Waals surface area contributed by atoms with E-state index < -0.39 is 15.9 Å². The van der Waals surface area contributed by atoms with Gasteiger partial charge >= 0.3 is 0 Å². The number of rotatable bonds is 4. The molecule has 16 heavy (non-hydrogen) atoms. The Morgan fingerprint density at radius 3 is 2.56 bits per heavy atom. The van der Waals surface area contributed by atoms with E-state index in [-0.39, 0.29) is 18.0 Å². The molecule has 0 aliphatic rings. The van der Waals surface area contributed by atoms with Crippen molar-refractivity contribution in [3.63, 3.8) is 0 Å². The van der Waals surface area contributed by atoms with Crippen molar-refractivity contribution in [2.45, 2.75) is 12.5 Å². The van der Waals surface area contributed by atoms with E-state index in [1.165, 1.54) is 12.1 Å². The SMILES string of the molecule is CS(=O)(=O)CCC(N)c1cc(F)cc(Br)c1. The van der Waals surface area contributed by atoms with Crippen LogP contribution in [-0.4, -0.2) is 20.4 Å². The molecule has 1 atom stereocenters. The molecule has 6 heteroatoms. The third-order valence-corrected chi connectivity index (χ3v) is 3.55. The lowest BCUT2D eigenvalue weighted by atomic mass is 10.1. The van der Waals surface area contributed by atoms with Crippen molar-refractivity contribution < 1.29 is 12.8 Å². The lowest BCUT2D eigenvalue weighted by molar-refractivity contribution is 0.589. The Morgan fingerprint density at radius 2 is 2.06 bits per heavy atom. The van der Waals surface area contributed by atoms with Crippen LogP contribution in [0, 0.1) is 5.82 Å². The predicted octanol–water partition coefficient (Wildman–Crippen LogP) is 2.02. The third kappa shape index (κ3) is 4.59. The molecule has 3 nitrogen and oxygen atoms in total. The fraction of sp³-hybridized carbons (Fsp3) is 0.400. The first-order valence-corrected chi connectivity index (χ1v) is 7.52. The van der Waals surface area contributed by atoms with Crippen molar-refractivity contribution >= 4 is 25.8 Å². The minimum absolute atomic E-state index is 0.00228. The second-order valence-electron chi connectivity index (χ2n) is 3.73. The molecular weight excluding hydrogens is 297 g/mol. The van der Waals surface area contributed by atoms with Gasteiger partial charge < -0.3 is 5.73 Å². The first-order chi connectivity index (χ1) is 7.28. The molecular formula is C10H13BrFNO2S. The van der Waals surface area contributed by atoms with Gasteiger partial charge in [0, 0.05) is 16.8 Å². The second kappa shape index (κ2) is 5.25. The number of hydrogen-bond donors (Lipinski definition) is 1. The van der Waals surface area contributed by atoms with E-state index >= 15 is 0 Å². The number of benzene rings is 1. The molecule has 0 radical (unpaired) electrons. The van der Waals surface area contributed by atoms with Crippen molar-refractivity contribution in [2.24, 2.45) is 5.73 Å². The molecule has 0 saturated heterocycles. The van der Waals surface area contributed by atoms with Crippen molar-refractivity contribution in [1.29, 1.82) is 0 Å². The van der Waals surface area contributed by atoms with Crippen LogP contribution < -0.4 is 5.73 Å². The maximum atomic E-state index is 13.1. The van der Waals surface area contributed by atoms with Gasteiger partial charge in [-0.3, -0.25) is 0 Å². The quantitative estimate of drug-likeness (QED) is 0.925. The van der Waals surface area contributed by atoms with Gasteiger partial charge in [0.1, 0.15) is 15.7 Å². The topological polar surface area (TPSA) is 60.2 Å². The van der Waals surface area contributed by atoms with Crippen molar-refractivity contribution in [1.82, 2.24) is 0 Å². The van der Waals surface area contributed by atoms with Crippen LogP contribution in [0.5, 0.6) is 0 Å². The molecule has 0 aliphatic heterocycles. The van der Waals surface area contributed by atoms with Crippen LogP contribution in [-0.2, 0) is 9.84 Å². The van der Waals surface area contributed by atoms with Gasteiger partial charge in [0.05, 0.1) is 5.75 Å². The first-order valence-electron chi connectivity index (χ1n) is 4.67. The predicted molar refractivity (Wildman–Crippen MR) is 65.4 cm³/mol. The summed E-state index contributed by atoms with van der Waals surface area (Å²) in [6, 6.07) is 3.86. The van der Waals surface area contributed by atoms with E-state index in [1.807, 2.05) is 0 Å². The molecule has 0 heterocycles. The average Bonchev–Trinajstić information content (AvgIpc) is 2.11. The lowest BCUT2D eigenvalue weighted by Gasteiger charge is -2.11. The van der Waals surface area contributed by atoms with Crippen LogP contribution >= 0.6 is 15.9 Å². The fourth-order valence-corrected chi connectivity index (χ4v) is 2.46. The van der Waals surface area contributed by atoms with Gasteiger partial charge in [-0.1, -0.05) is 15.9 Å². The van der Waals surface area contributed by atoms with Gasteiger partial charge in [0.15, 0.2) is 0 Å². The van der Waals surface area contributed by atoms with E-state index in [4.69, 9.17) is 5.73 Å². The van der Waals surface area contributed by atoms with Gasteiger partial charge in [-0.25, -0.2) is 12.8 Å².